The monoisotopic (exact) mass is 608 g/mol. The summed E-state index contributed by atoms with van der Waals surface area (Å²) in [6.45, 7) is 3.19. The third kappa shape index (κ3) is 4.95. The predicted molar refractivity (Wildman–Crippen MR) is 156 cm³/mol. The van der Waals surface area contributed by atoms with E-state index in [4.69, 9.17) is 9.15 Å². The number of aromatic nitrogens is 3. The van der Waals surface area contributed by atoms with E-state index in [0.29, 0.717) is 23.8 Å². The molecule has 3 aliphatic rings. The SMILES string of the molecule is CC(C)(c1nc(-c2nnc(N[C@H]3C=C(c4ccccc4)c4ccccc4NC3=O)o2)c(N2CCO[C@H]3C[C@H]32)s1)C(F)(F)F. The molecule has 2 aromatic carbocycles. The summed E-state index contributed by atoms with van der Waals surface area (Å²) in [7, 11) is 0. The summed E-state index contributed by atoms with van der Waals surface area (Å²) in [5.41, 5.74) is 1.26. The van der Waals surface area contributed by atoms with Crippen molar-refractivity contribution in [2.75, 3.05) is 28.7 Å². The molecule has 43 heavy (non-hydrogen) atoms. The van der Waals surface area contributed by atoms with Crippen LogP contribution in [0.3, 0.4) is 0 Å². The van der Waals surface area contributed by atoms with Crippen molar-refractivity contribution in [1.82, 2.24) is 15.2 Å². The lowest BCUT2D eigenvalue weighted by molar-refractivity contribution is -0.180. The minimum atomic E-state index is -4.51. The number of rotatable bonds is 6. The first kappa shape index (κ1) is 27.6. The van der Waals surface area contributed by atoms with E-state index in [1.54, 1.807) is 6.08 Å². The van der Waals surface area contributed by atoms with Crippen LogP contribution in [-0.4, -0.2) is 58.6 Å². The molecule has 2 N–H and O–H groups in total. The second-order valence-corrected chi connectivity index (χ2v) is 12.2. The van der Waals surface area contributed by atoms with Crippen molar-refractivity contribution in [3.8, 4) is 11.6 Å². The number of nitrogens with zero attached hydrogens (tertiary/aromatic N) is 4. The van der Waals surface area contributed by atoms with Crippen LogP contribution in [0.25, 0.3) is 17.2 Å². The average molecular weight is 609 g/mol. The standard InChI is InChI=1S/C30H27F3N6O3S/c1-29(2,30(31,32)33)27-36-23(26(43-27)39-12-13-41-22-15-21(22)39)25-37-38-28(42-25)35-20-14-18(16-8-4-3-5-9-16)17-10-6-7-11-19(17)34-24(20)40/h3-11,14,20-22H,12-13,15H2,1-2H3,(H,34,40)(H,35,38)/t20-,21+,22-/m0/s1. The van der Waals surface area contributed by atoms with E-state index in [1.807, 2.05) is 59.5 Å². The number of alkyl halides is 3. The number of para-hydroxylation sites is 1. The van der Waals surface area contributed by atoms with E-state index in [0.717, 1.165) is 48.3 Å². The summed E-state index contributed by atoms with van der Waals surface area (Å²) in [6, 6.07) is 16.3. The molecule has 0 bridgehead atoms. The van der Waals surface area contributed by atoms with Gasteiger partial charge in [-0.2, -0.15) is 13.2 Å². The fourth-order valence-corrected chi connectivity index (χ4v) is 6.54. The number of carbonyl (C=O) groups is 1. The molecule has 0 spiro atoms. The highest BCUT2D eigenvalue weighted by atomic mass is 32.1. The molecule has 1 aliphatic carbocycles. The summed E-state index contributed by atoms with van der Waals surface area (Å²) in [6.07, 6.45) is -1.88. The Kier molecular flexibility index (Phi) is 6.54. The number of halogens is 3. The molecule has 0 unspecified atom stereocenters. The minimum absolute atomic E-state index is 0.0359. The van der Waals surface area contributed by atoms with Crippen molar-refractivity contribution < 1.29 is 27.1 Å². The largest absolute Gasteiger partial charge is 0.402 e. The molecule has 4 aromatic rings. The highest BCUT2D eigenvalue weighted by Gasteiger charge is 2.53. The first-order valence-electron chi connectivity index (χ1n) is 13.8. The zero-order valence-corrected chi connectivity index (χ0v) is 24.0. The van der Waals surface area contributed by atoms with E-state index >= 15 is 0 Å². The van der Waals surface area contributed by atoms with Gasteiger partial charge in [0.2, 0.25) is 0 Å². The molecule has 1 saturated carbocycles. The number of anilines is 3. The maximum atomic E-state index is 14.0. The molecule has 2 fully saturated rings. The van der Waals surface area contributed by atoms with Crippen LogP contribution in [0, 0.1) is 0 Å². The van der Waals surface area contributed by atoms with Crippen LogP contribution in [0.1, 0.15) is 36.4 Å². The topological polar surface area (TPSA) is 105 Å². The third-order valence-electron chi connectivity index (χ3n) is 7.96. The van der Waals surface area contributed by atoms with Gasteiger partial charge in [0, 0.05) is 17.8 Å². The van der Waals surface area contributed by atoms with Gasteiger partial charge in [-0.3, -0.25) is 4.79 Å². The Hall–Kier alpha value is -4.23. The van der Waals surface area contributed by atoms with Crippen molar-refractivity contribution in [2.45, 2.75) is 50.0 Å². The molecule has 9 nitrogen and oxygen atoms in total. The number of nitrogens with one attached hydrogen (secondary N) is 2. The second-order valence-electron chi connectivity index (χ2n) is 11.2. The Morgan fingerprint density at radius 2 is 1.84 bits per heavy atom. The van der Waals surface area contributed by atoms with E-state index in [1.165, 1.54) is 0 Å². The van der Waals surface area contributed by atoms with Crippen LogP contribution < -0.4 is 15.5 Å². The van der Waals surface area contributed by atoms with E-state index < -0.39 is 17.6 Å². The zero-order chi connectivity index (χ0) is 29.9. The number of thiazole rings is 1. The first-order valence-corrected chi connectivity index (χ1v) is 14.7. The van der Waals surface area contributed by atoms with Crippen molar-refractivity contribution in [3.63, 3.8) is 0 Å². The summed E-state index contributed by atoms with van der Waals surface area (Å²) < 4.78 is 53.7. The van der Waals surface area contributed by atoms with Crippen molar-refractivity contribution in [1.29, 1.82) is 0 Å². The van der Waals surface area contributed by atoms with Gasteiger partial charge < -0.3 is 24.7 Å². The van der Waals surface area contributed by atoms with E-state index in [9.17, 15) is 18.0 Å². The fourth-order valence-electron chi connectivity index (χ4n) is 5.28. The Morgan fingerprint density at radius 1 is 1.07 bits per heavy atom. The van der Waals surface area contributed by atoms with Gasteiger partial charge in [-0.25, -0.2) is 4.98 Å². The van der Waals surface area contributed by atoms with E-state index in [-0.39, 0.29) is 40.7 Å². The number of hydrogen-bond acceptors (Lipinski definition) is 9. The number of morpholine rings is 1. The average Bonchev–Trinajstić information content (AvgIpc) is 3.47. The van der Waals surface area contributed by atoms with E-state index in [2.05, 4.69) is 25.8 Å². The lowest BCUT2D eigenvalue weighted by Crippen LogP contribution is -2.36. The summed E-state index contributed by atoms with van der Waals surface area (Å²) in [5.74, 6) is -0.374. The van der Waals surface area contributed by atoms with Crippen molar-refractivity contribution in [2.24, 2.45) is 0 Å². The number of fused-ring (bicyclic) bond motifs is 2. The number of benzene rings is 2. The number of ether oxygens (including phenoxy) is 1. The van der Waals surface area contributed by atoms with Crippen LogP contribution in [0.15, 0.2) is 65.1 Å². The predicted octanol–water partition coefficient (Wildman–Crippen LogP) is 5.88. The van der Waals surface area contributed by atoms with Gasteiger partial charge in [0.15, 0.2) is 5.69 Å². The number of amides is 1. The van der Waals surface area contributed by atoms with Gasteiger partial charge in [-0.05, 0) is 43.5 Å². The zero-order valence-electron chi connectivity index (χ0n) is 23.2. The molecule has 7 rings (SSSR count). The maximum absolute atomic E-state index is 14.0. The van der Waals surface area contributed by atoms with Crippen molar-refractivity contribution in [3.05, 3.63) is 76.8 Å². The Bertz CT molecular complexity index is 1720. The Labute approximate surface area is 248 Å². The Balaban J connectivity index is 1.24. The van der Waals surface area contributed by atoms with Gasteiger partial charge in [0.25, 0.3) is 11.8 Å². The van der Waals surface area contributed by atoms with Gasteiger partial charge in [0.1, 0.15) is 21.5 Å². The highest BCUT2D eigenvalue weighted by molar-refractivity contribution is 7.16. The van der Waals surface area contributed by atoms with Crippen LogP contribution >= 0.6 is 11.3 Å². The number of hydrogen-bond donors (Lipinski definition) is 2. The third-order valence-corrected chi connectivity index (χ3v) is 9.38. The molecule has 0 radical (unpaired) electrons. The van der Waals surface area contributed by atoms with Gasteiger partial charge >= 0.3 is 12.2 Å². The quantitative estimate of drug-likeness (QED) is 0.280. The molecule has 1 amide bonds. The Morgan fingerprint density at radius 3 is 2.63 bits per heavy atom. The molecule has 3 atom stereocenters. The lowest BCUT2D eigenvalue weighted by atomic mass is 9.94. The van der Waals surface area contributed by atoms with Crippen molar-refractivity contribution >= 4 is 39.5 Å². The smallest absolute Gasteiger partial charge is 0.400 e. The molecular formula is C30H27F3N6O3S. The van der Waals surface area contributed by atoms with Crippen LogP contribution in [0.4, 0.5) is 29.9 Å². The van der Waals surface area contributed by atoms with Gasteiger partial charge in [-0.15, -0.1) is 5.10 Å². The second kappa shape index (κ2) is 10.2. The molecule has 222 valence electrons. The summed E-state index contributed by atoms with van der Waals surface area (Å²) in [4.78, 5) is 19.7. The van der Waals surface area contributed by atoms with Crippen LogP contribution in [0.5, 0.6) is 0 Å². The molecule has 13 heteroatoms. The lowest BCUT2D eigenvalue weighted by Gasteiger charge is -2.28. The highest BCUT2D eigenvalue weighted by Crippen LogP contribution is 2.49. The normalized spacial score (nSPS) is 21.8. The fraction of sp³-hybridized carbons (Fsp3) is 0.333. The number of carbonyl (C=O) groups excluding carboxylic acids is 1. The molecular weight excluding hydrogens is 581 g/mol. The molecule has 1 saturated heterocycles. The molecule has 2 aliphatic heterocycles. The van der Waals surface area contributed by atoms with Gasteiger partial charge in [0.05, 0.1) is 18.8 Å². The van der Waals surface area contributed by atoms with Gasteiger partial charge in [-0.1, -0.05) is 65.0 Å². The first-order chi connectivity index (χ1) is 20.6. The minimum Gasteiger partial charge on any atom is -0.402 e. The van der Waals surface area contributed by atoms with Crippen LogP contribution in [0.2, 0.25) is 0 Å². The molecule has 4 heterocycles. The maximum Gasteiger partial charge on any atom is 0.400 e. The summed E-state index contributed by atoms with van der Waals surface area (Å²) >= 11 is 0.981. The van der Waals surface area contributed by atoms with Crippen LogP contribution in [-0.2, 0) is 14.9 Å². The summed E-state index contributed by atoms with van der Waals surface area (Å²) in [5, 5.41) is 14.6. The molecule has 2 aromatic heterocycles.